The molecule has 0 spiro atoms. The minimum absolute atomic E-state index is 0.270. The van der Waals surface area contributed by atoms with Crippen LogP contribution in [0.2, 0.25) is 0 Å². The zero-order chi connectivity index (χ0) is 10.7. The molecule has 4 N–H and O–H groups in total. The van der Waals surface area contributed by atoms with Crippen molar-refractivity contribution in [3.8, 4) is 0 Å². The van der Waals surface area contributed by atoms with Crippen molar-refractivity contribution in [2.75, 3.05) is 6.61 Å². The summed E-state index contributed by atoms with van der Waals surface area (Å²) < 4.78 is 5.03. The molecule has 6 heteroatoms. The standard InChI is InChI=1S/C8H15NO5/c1-2-5(11)9-8-7(13)6(12)4(3-10)14-8/h4,6-8,10,12-13H,2-3H2,1H3,(H,9,11)/t4-,6-,7+,8?/m1/s1. The fraction of sp³-hybridized carbons (Fsp3) is 0.875. The molecule has 1 fully saturated rings. The SMILES string of the molecule is CCC(=O)NC1O[C@H](CO)[C@@H](O)[C@@H]1O. The van der Waals surface area contributed by atoms with Crippen molar-refractivity contribution in [3.63, 3.8) is 0 Å². The van der Waals surface area contributed by atoms with Crippen LogP contribution < -0.4 is 5.32 Å². The zero-order valence-electron chi connectivity index (χ0n) is 7.88. The molecular formula is C8H15NO5. The number of hydrogen-bond acceptors (Lipinski definition) is 5. The Balaban J connectivity index is 2.52. The predicted octanol–water partition coefficient (Wildman–Crippen LogP) is -2.05. The quantitative estimate of drug-likeness (QED) is 0.425. The molecule has 1 unspecified atom stereocenters. The molecule has 4 atom stereocenters. The molecule has 82 valence electrons. The molecule has 1 saturated heterocycles. The molecule has 0 saturated carbocycles. The van der Waals surface area contributed by atoms with Crippen LogP contribution >= 0.6 is 0 Å². The average molecular weight is 205 g/mol. The molecule has 1 aliphatic rings. The van der Waals surface area contributed by atoms with Gasteiger partial charge in [0.25, 0.3) is 0 Å². The molecule has 1 amide bonds. The fourth-order valence-corrected chi connectivity index (χ4v) is 1.28. The molecule has 0 aliphatic carbocycles. The average Bonchev–Trinajstić information content (AvgIpc) is 2.45. The van der Waals surface area contributed by atoms with Crippen LogP contribution in [0.25, 0.3) is 0 Å². The van der Waals surface area contributed by atoms with Crippen molar-refractivity contribution in [2.45, 2.75) is 37.9 Å². The Hall–Kier alpha value is -0.690. The van der Waals surface area contributed by atoms with Crippen LogP contribution in [-0.4, -0.2) is 52.4 Å². The summed E-state index contributed by atoms with van der Waals surface area (Å²) in [6.45, 7) is 1.27. The van der Waals surface area contributed by atoms with Gasteiger partial charge in [0.2, 0.25) is 5.91 Å². The maximum Gasteiger partial charge on any atom is 0.221 e. The van der Waals surface area contributed by atoms with Crippen LogP contribution in [0.5, 0.6) is 0 Å². The zero-order valence-corrected chi connectivity index (χ0v) is 7.88. The Morgan fingerprint density at radius 2 is 2.07 bits per heavy atom. The molecule has 6 nitrogen and oxygen atoms in total. The minimum atomic E-state index is -1.19. The topological polar surface area (TPSA) is 99.0 Å². The van der Waals surface area contributed by atoms with E-state index in [0.717, 1.165) is 0 Å². The first-order valence-electron chi connectivity index (χ1n) is 4.52. The Labute approximate surface area is 81.5 Å². The molecule has 0 aromatic rings. The molecule has 1 rings (SSSR count). The van der Waals surface area contributed by atoms with Gasteiger partial charge in [-0.15, -0.1) is 0 Å². The summed E-state index contributed by atoms with van der Waals surface area (Å²) in [4.78, 5) is 11.0. The molecule has 1 aliphatic heterocycles. The van der Waals surface area contributed by atoms with Crippen molar-refractivity contribution < 1.29 is 24.9 Å². The van der Waals surface area contributed by atoms with Crippen LogP contribution in [0.1, 0.15) is 13.3 Å². The summed E-state index contributed by atoms with van der Waals surface area (Å²) in [6.07, 6.45) is -3.86. The number of ether oxygens (including phenoxy) is 1. The second kappa shape index (κ2) is 4.70. The molecule has 14 heavy (non-hydrogen) atoms. The fourth-order valence-electron chi connectivity index (χ4n) is 1.28. The van der Waals surface area contributed by atoms with Gasteiger partial charge < -0.3 is 25.4 Å². The van der Waals surface area contributed by atoms with Crippen LogP contribution in [-0.2, 0) is 9.53 Å². The second-order valence-corrected chi connectivity index (χ2v) is 3.18. The van der Waals surface area contributed by atoms with Crippen molar-refractivity contribution in [3.05, 3.63) is 0 Å². The summed E-state index contributed by atoms with van der Waals surface area (Å²) in [7, 11) is 0. The number of carbonyl (C=O) groups is 1. The third kappa shape index (κ3) is 2.21. The summed E-state index contributed by atoms with van der Waals surface area (Å²) >= 11 is 0. The highest BCUT2D eigenvalue weighted by atomic mass is 16.6. The van der Waals surface area contributed by atoms with Gasteiger partial charge in [-0.05, 0) is 0 Å². The van der Waals surface area contributed by atoms with Crippen molar-refractivity contribution in [2.24, 2.45) is 0 Å². The molecule has 1 heterocycles. The van der Waals surface area contributed by atoms with Crippen molar-refractivity contribution in [1.29, 1.82) is 0 Å². The highest BCUT2D eigenvalue weighted by Gasteiger charge is 2.42. The van der Waals surface area contributed by atoms with Gasteiger partial charge in [-0.1, -0.05) is 6.92 Å². The number of aliphatic hydroxyl groups is 3. The van der Waals surface area contributed by atoms with Crippen LogP contribution in [0.3, 0.4) is 0 Å². The van der Waals surface area contributed by atoms with Crippen LogP contribution in [0.4, 0.5) is 0 Å². The van der Waals surface area contributed by atoms with E-state index in [9.17, 15) is 15.0 Å². The first kappa shape index (κ1) is 11.4. The number of aliphatic hydroxyl groups excluding tert-OH is 3. The van der Waals surface area contributed by atoms with Gasteiger partial charge in [-0.3, -0.25) is 4.79 Å². The van der Waals surface area contributed by atoms with Gasteiger partial charge in [0, 0.05) is 6.42 Å². The van der Waals surface area contributed by atoms with E-state index in [0.29, 0.717) is 0 Å². The monoisotopic (exact) mass is 205 g/mol. The summed E-state index contributed by atoms with van der Waals surface area (Å²) in [5.41, 5.74) is 0. The third-order valence-electron chi connectivity index (χ3n) is 2.17. The van der Waals surface area contributed by atoms with E-state index in [1.165, 1.54) is 0 Å². The molecule has 0 aromatic heterocycles. The van der Waals surface area contributed by atoms with E-state index < -0.39 is 31.1 Å². The maximum absolute atomic E-state index is 11.0. The second-order valence-electron chi connectivity index (χ2n) is 3.18. The smallest absolute Gasteiger partial charge is 0.221 e. The lowest BCUT2D eigenvalue weighted by Crippen LogP contribution is -2.43. The van der Waals surface area contributed by atoms with E-state index in [2.05, 4.69) is 5.32 Å². The van der Waals surface area contributed by atoms with E-state index in [1.807, 2.05) is 0 Å². The highest BCUT2D eigenvalue weighted by molar-refractivity contribution is 5.75. The molecule has 0 bridgehead atoms. The van der Waals surface area contributed by atoms with Crippen molar-refractivity contribution >= 4 is 5.91 Å². The first-order valence-corrected chi connectivity index (χ1v) is 4.52. The Morgan fingerprint density at radius 1 is 1.43 bits per heavy atom. The molecule has 0 radical (unpaired) electrons. The minimum Gasteiger partial charge on any atom is -0.394 e. The lowest BCUT2D eigenvalue weighted by Gasteiger charge is -2.15. The highest BCUT2D eigenvalue weighted by Crippen LogP contribution is 2.19. The van der Waals surface area contributed by atoms with Gasteiger partial charge in [-0.2, -0.15) is 0 Å². The van der Waals surface area contributed by atoms with Crippen molar-refractivity contribution in [1.82, 2.24) is 5.32 Å². The lowest BCUT2D eigenvalue weighted by atomic mass is 10.1. The van der Waals surface area contributed by atoms with Gasteiger partial charge >= 0.3 is 0 Å². The summed E-state index contributed by atoms with van der Waals surface area (Å²) in [5.74, 6) is -0.278. The number of rotatable bonds is 3. The van der Waals surface area contributed by atoms with Crippen LogP contribution in [0.15, 0.2) is 0 Å². The lowest BCUT2D eigenvalue weighted by molar-refractivity contribution is -0.127. The Bertz CT molecular complexity index is 210. The summed E-state index contributed by atoms with van der Waals surface area (Å²) in [5, 5.41) is 29.9. The van der Waals surface area contributed by atoms with E-state index in [-0.39, 0.29) is 12.3 Å². The number of amides is 1. The van der Waals surface area contributed by atoms with Gasteiger partial charge in [0.05, 0.1) is 6.61 Å². The first-order chi connectivity index (χ1) is 6.60. The van der Waals surface area contributed by atoms with Gasteiger partial charge in [-0.25, -0.2) is 0 Å². The largest absolute Gasteiger partial charge is 0.394 e. The maximum atomic E-state index is 11.0. The molecule has 0 aromatic carbocycles. The van der Waals surface area contributed by atoms with Gasteiger partial charge in [0.15, 0.2) is 6.23 Å². The van der Waals surface area contributed by atoms with Gasteiger partial charge in [0.1, 0.15) is 18.3 Å². The van der Waals surface area contributed by atoms with Crippen LogP contribution in [0, 0.1) is 0 Å². The van der Waals surface area contributed by atoms with E-state index in [1.54, 1.807) is 6.92 Å². The van der Waals surface area contributed by atoms with E-state index in [4.69, 9.17) is 9.84 Å². The molecular weight excluding hydrogens is 190 g/mol. The number of carbonyl (C=O) groups excluding carboxylic acids is 1. The predicted molar refractivity (Wildman–Crippen MR) is 46.2 cm³/mol. The normalized spacial score (nSPS) is 37.1. The van der Waals surface area contributed by atoms with E-state index >= 15 is 0 Å². The summed E-state index contributed by atoms with van der Waals surface area (Å²) in [6, 6.07) is 0. The number of hydrogen-bond donors (Lipinski definition) is 4. The Morgan fingerprint density at radius 3 is 2.50 bits per heavy atom. The Kier molecular flexibility index (Phi) is 3.82. The third-order valence-corrected chi connectivity index (χ3v) is 2.17. The number of nitrogens with one attached hydrogen (secondary N) is 1.